The maximum Gasteiger partial charge on any atom is 0.317 e. The number of carboxylic acid groups (broad SMARTS) is 1. The molecule has 0 aliphatic carbocycles. The molecular formula is C15H28N2O4. The van der Waals surface area contributed by atoms with Crippen LogP contribution in [0.5, 0.6) is 0 Å². The lowest BCUT2D eigenvalue weighted by Gasteiger charge is -2.34. The quantitative estimate of drug-likeness (QED) is 0.649. The second-order valence-electron chi connectivity index (χ2n) is 6.94. The first-order chi connectivity index (χ1) is 9.75. The van der Waals surface area contributed by atoms with E-state index in [0.29, 0.717) is 19.5 Å². The Bertz CT molecular complexity index is 371. The molecule has 1 saturated heterocycles. The fraction of sp³-hybridized carbons (Fsp3) is 0.867. The topological polar surface area (TPSA) is 89.9 Å². The van der Waals surface area contributed by atoms with E-state index in [-0.39, 0.29) is 30.5 Å². The van der Waals surface area contributed by atoms with Crippen LogP contribution < -0.4 is 5.32 Å². The summed E-state index contributed by atoms with van der Waals surface area (Å²) in [6, 6.07) is -0.186. The number of hydrogen-bond donors (Lipinski definition) is 3. The van der Waals surface area contributed by atoms with Crippen molar-refractivity contribution in [3.05, 3.63) is 0 Å². The van der Waals surface area contributed by atoms with Gasteiger partial charge >= 0.3 is 12.0 Å². The van der Waals surface area contributed by atoms with Crippen LogP contribution in [0.4, 0.5) is 4.79 Å². The molecule has 0 aromatic heterocycles. The van der Waals surface area contributed by atoms with E-state index in [1.165, 1.54) is 0 Å². The van der Waals surface area contributed by atoms with Crippen molar-refractivity contribution in [2.75, 3.05) is 26.2 Å². The van der Waals surface area contributed by atoms with Crippen LogP contribution in [0, 0.1) is 17.3 Å². The highest BCUT2D eigenvalue weighted by Crippen LogP contribution is 2.22. The van der Waals surface area contributed by atoms with Crippen molar-refractivity contribution in [2.24, 2.45) is 17.3 Å². The summed E-state index contributed by atoms with van der Waals surface area (Å²) < 4.78 is 0. The molecule has 1 aliphatic rings. The first-order valence-electron chi connectivity index (χ1n) is 7.61. The number of carbonyl (C=O) groups is 2. The fourth-order valence-corrected chi connectivity index (χ4v) is 2.65. The van der Waals surface area contributed by atoms with E-state index < -0.39 is 11.9 Å². The van der Waals surface area contributed by atoms with Gasteiger partial charge in [-0.3, -0.25) is 4.79 Å². The summed E-state index contributed by atoms with van der Waals surface area (Å²) in [6.07, 6.45) is 2.26. The molecule has 6 nitrogen and oxygen atoms in total. The van der Waals surface area contributed by atoms with Crippen LogP contribution in [0.15, 0.2) is 0 Å². The zero-order valence-corrected chi connectivity index (χ0v) is 13.3. The molecule has 3 N–H and O–H groups in total. The number of piperidine rings is 1. The zero-order chi connectivity index (χ0) is 16.0. The lowest BCUT2D eigenvalue weighted by Crippen LogP contribution is -2.49. The number of carbonyl (C=O) groups excluding carboxylic acids is 1. The Hall–Kier alpha value is -1.30. The SMILES string of the molecule is CC1CC(C(=O)O)CN(C(=O)NCCCC(C)(C)CO)C1. The Morgan fingerprint density at radius 3 is 2.57 bits per heavy atom. The van der Waals surface area contributed by atoms with Gasteiger partial charge in [0.05, 0.1) is 5.92 Å². The first kappa shape index (κ1) is 17.8. The second kappa shape index (κ2) is 7.64. The number of amides is 2. The highest BCUT2D eigenvalue weighted by Gasteiger charge is 2.31. The van der Waals surface area contributed by atoms with Gasteiger partial charge in [-0.15, -0.1) is 0 Å². The van der Waals surface area contributed by atoms with E-state index in [1.54, 1.807) is 4.90 Å². The minimum atomic E-state index is -0.830. The number of urea groups is 1. The predicted molar refractivity (Wildman–Crippen MR) is 80.0 cm³/mol. The van der Waals surface area contributed by atoms with Gasteiger partial charge in [-0.2, -0.15) is 0 Å². The smallest absolute Gasteiger partial charge is 0.317 e. The van der Waals surface area contributed by atoms with Crippen LogP contribution in [0.2, 0.25) is 0 Å². The van der Waals surface area contributed by atoms with Crippen LogP contribution >= 0.6 is 0 Å². The zero-order valence-electron chi connectivity index (χ0n) is 13.3. The summed E-state index contributed by atoms with van der Waals surface area (Å²) in [5, 5.41) is 21.1. The van der Waals surface area contributed by atoms with E-state index in [0.717, 1.165) is 12.8 Å². The lowest BCUT2D eigenvalue weighted by atomic mass is 9.89. The van der Waals surface area contributed by atoms with E-state index in [1.807, 2.05) is 20.8 Å². The molecule has 21 heavy (non-hydrogen) atoms. The average Bonchev–Trinajstić information content (AvgIpc) is 2.42. The minimum Gasteiger partial charge on any atom is -0.481 e. The molecule has 0 spiro atoms. The lowest BCUT2D eigenvalue weighted by molar-refractivity contribution is -0.143. The number of aliphatic hydroxyl groups excluding tert-OH is 1. The molecule has 0 radical (unpaired) electrons. The van der Waals surface area contributed by atoms with Crippen LogP contribution in [-0.2, 0) is 4.79 Å². The fourth-order valence-electron chi connectivity index (χ4n) is 2.65. The Labute approximate surface area is 126 Å². The van der Waals surface area contributed by atoms with E-state index in [2.05, 4.69) is 5.32 Å². The molecule has 1 heterocycles. The molecule has 0 aromatic rings. The molecule has 2 unspecified atom stereocenters. The number of nitrogens with one attached hydrogen (secondary N) is 1. The summed E-state index contributed by atoms with van der Waals surface area (Å²) in [6.45, 7) is 7.51. The number of nitrogens with zero attached hydrogens (tertiary/aromatic N) is 1. The van der Waals surface area contributed by atoms with Gasteiger partial charge in [-0.05, 0) is 30.6 Å². The van der Waals surface area contributed by atoms with E-state index in [4.69, 9.17) is 10.2 Å². The van der Waals surface area contributed by atoms with Crippen molar-refractivity contribution >= 4 is 12.0 Å². The monoisotopic (exact) mass is 300 g/mol. The molecule has 0 bridgehead atoms. The number of aliphatic carboxylic acids is 1. The number of aliphatic hydroxyl groups is 1. The second-order valence-corrected chi connectivity index (χ2v) is 6.94. The van der Waals surface area contributed by atoms with E-state index >= 15 is 0 Å². The maximum atomic E-state index is 12.1. The predicted octanol–water partition coefficient (Wildman–Crippen LogP) is 1.54. The van der Waals surface area contributed by atoms with Crippen molar-refractivity contribution < 1.29 is 19.8 Å². The molecule has 1 rings (SSSR count). The summed E-state index contributed by atoms with van der Waals surface area (Å²) >= 11 is 0. The molecule has 1 fully saturated rings. The Morgan fingerprint density at radius 2 is 2.00 bits per heavy atom. The van der Waals surface area contributed by atoms with Gasteiger partial charge in [0.15, 0.2) is 0 Å². The van der Waals surface area contributed by atoms with Gasteiger partial charge in [0, 0.05) is 26.2 Å². The average molecular weight is 300 g/mol. The summed E-state index contributed by atoms with van der Waals surface area (Å²) in [4.78, 5) is 24.8. The third-order valence-corrected chi connectivity index (χ3v) is 4.03. The van der Waals surface area contributed by atoms with Crippen LogP contribution in [-0.4, -0.2) is 53.4 Å². The van der Waals surface area contributed by atoms with Gasteiger partial charge < -0.3 is 20.4 Å². The summed E-state index contributed by atoms with van der Waals surface area (Å²) in [5.74, 6) is -1.09. The summed E-state index contributed by atoms with van der Waals surface area (Å²) in [5.41, 5.74) is -0.126. The third kappa shape index (κ3) is 5.91. The number of rotatable bonds is 6. The molecule has 122 valence electrons. The molecule has 2 amide bonds. The molecule has 6 heteroatoms. The standard InChI is InChI=1S/C15H28N2O4/c1-11-7-12(13(19)20)9-17(8-11)14(21)16-6-4-5-15(2,3)10-18/h11-12,18H,4-10H2,1-3H3,(H,16,21)(H,19,20). The summed E-state index contributed by atoms with van der Waals surface area (Å²) in [7, 11) is 0. The molecule has 0 aromatic carbocycles. The Balaban J connectivity index is 2.36. The van der Waals surface area contributed by atoms with Crippen molar-refractivity contribution in [3.8, 4) is 0 Å². The molecule has 2 atom stereocenters. The van der Waals surface area contributed by atoms with Crippen LogP contribution in [0.25, 0.3) is 0 Å². The van der Waals surface area contributed by atoms with Gasteiger partial charge in [0.2, 0.25) is 0 Å². The van der Waals surface area contributed by atoms with E-state index in [9.17, 15) is 9.59 Å². The first-order valence-corrected chi connectivity index (χ1v) is 7.61. The van der Waals surface area contributed by atoms with Gasteiger partial charge in [-0.1, -0.05) is 20.8 Å². The Kier molecular flexibility index (Phi) is 6.45. The van der Waals surface area contributed by atoms with Gasteiger partial charge in [-0.25, -0.2) is 4.79 Å². The van der Waals surface area contributed by atoms with Crippen molar-refractivity contribution in [3.63, 3.8) is 0 Å². The molecule has 0 saturated carbocycles. The molecule has 1 aliphatic heterocycles. The van der Waals surface area contributed by atoms with Crippen molar-refractivity contribution in [1.82, 2.24) is 10.2 Å². The minimum absolute atomic E-state index is 0.126. The van der Waals surface area contributed by atoms with Gasteiger partial charge in [0.25, 0.3) is 0 Å². The number of likely N-dealkylation sites (tertiary alicyclic amines) is 1. The van der Waals surface area contributed by atoms with Crippen molar-refractivity contribution in [1.29, 1.82) is 0 Å². The van der Waals surface area contributed by atoms with Gasteiger partial charge in [0.1, 0.15) is 0 Å². The van der Waals surface area contributed by atoms with Crippen molar-refractivity contribution in [2.45, 2.75) is 40.0 Å². The van der Waals surface area contributed by atoms with Crippen LogP contribution in [0.3, 0.4) is 0 Å². The molecular weight excluding hydrogens is 272 g/mol. The Morgan fingerprint density at radius 1 is 1.33 bits per heavy atom. The highest BCUT2D eigenvalue weighted by atomic mass is 16.4. The maximum absolute atomic E-state index is 12.1. The highest BCUT2D eigenvalue weighted by molar-refractivity contribution is 5.76. The number of carboxylic acids is 1. The van der Waals surface area contributed by atoms with Crippen LogP contribution in [0.1, 0.15) is 40.0 Å². The normalized spacial score (nSPS) is 23.0. The largest absolute Gasteiger partial charge is 0.481 e. The third-order valence-electron chi connectivity index (χ3n) is 4.03. The number of hydrogen-bond acceptors (Lipinski definition) is 3.